The lowest BCUT2D eigenvalue weighted by atomic mass is 10.2. The van der Waals surface area contributed by atoms with Gasteiger partial charge in [-0.05, 0) is 40.5 Å². The van der Waals surface area contributed by atoms with Crippen LogP contribution in [0.25, 0.3) is 0 Å². The van der Waals surface area contributed by atoms with Gasteiger partial charge < -0.3 is 14.6 Å². The quantitative estimate of drug-likeness (QED) is 0.834. The Morgan fingerprint density at radius 2 is 2.15 bits per heavy atom. The van der Waals surface area contributed by atoms with Crippen LogP contribution in [0.3, 0.4) is 0 Å². The Kier molecular flexibility index (Phi) is 5.61. The van der Waals surface area contributed by atoms with Crippen LogP contribution in [-0.4, -0.2) is 11.7 Å². The van der Waals surface area contributed by atoms with Crippen LogP contribution in [0.2, 0.25) is 0 Å². The predicted molar refractivity (Wildman–Crippen MR) is 81.5 cm³/mol. The highest BCUT2D eigenvalue weighted by Crippen LogP contribution is 2.24. The van der Waals surface area contributed by atoms with Gasteiger partial charge in [-0.2, -0.15) is 0 Å². The smallest absolute Gasteiger partial charge is 0.174 e. The molecule has 0 aliphatic heterocycles. The topological polar surface area (TPSA) is 47.3 Å². The molecule has 1 aromatic carbocycles. The van der Waals surface area contributed by atoms with E-state index in [0.717, 1.165) is 34.8 Å². The fraction of sp³-hybridized carbons (Fsp3) is 0.400. The Balaban J connectivity index is 1.82. The van der Waals surface area contributed by atoms with E-state index in [4.69, 9.17) is 9.26 Å². The summed E-state index contributed by atoms with van der Waals surface area (Å²) in [6, 6.07) is 9.65. The molecule has 0 radical (unpaired) electrons. The first-order valence-electron chi connectivity index (χ1n) is 6.67. The Bertz CT molecular complexity index is 540. The molecular weight excluding hydrogens is 320 g/mol. The van der Waals surface area contributed by atoms with Crippen molar-refractivity contribution in [2.24, 2.45) is 5.92 Å². The maximum atomic E-state index is 5.68. The lowest BCUT2D eigenvalue weighted by Crippen LogP contribution is -2.19. The van der Waals surface area contributed by atoms with Crippen molar-refractivity contribution in [3.8, 4) is 5.75 Å². The number of halogens is 1. The summed E-state index contributed by atoms with van der Waals surface area (Å²) in [5, 5.41) is 7.35. The number of hydrogen-bond donors (Lipinski definition) is 1. The Morgan fingerprint density at radius 3 is 2.90 bits per heavy atom. The average molecular weight is 339 g/mol. The van der Waals surface area contributed by atoms with Gasteiger partial charge in [-0.15, -0.1) is 0 Å². The SMILES string of the molecule is CC(C)CNCc1cc(COc2ccccc2Br)on1. The van der Waals surface area contributed by atoms with E-state index in [1.807, 2.05) is 30.3 Å². The van der Waals surface area contributed by atoms with Crippen LogP contribution in [-0.2, 0) is 13.2 Å². The van der Waals surface area contributed by atoms with E-state index in [-0.39, 0.29) is 0 Å². The van der Waals surface area contributed by atoms with Gasteiger partial charge >= 0.3 is 0 Å². The normalized spacial score (nSPS) is 11.0. The maximum Gasteiger partial charge on any atom is 0.174 e. The van der Waals surface area contributed by atoms with E-state index in [2.05, 4.69) is 40.3 Å². The fourth-order valence-electron chi connectivity index (χ4n) is 1.71. The van der Waals surface area contributed by atoms with Crippen molar-refractivity contribution < 1.29 is 9.26 Å². The first kappa shape index (κ1) is 15.1. The van der Waals surface area contributed by atoms with E-state index in [1.165, 1.54) is 0 Å². The van der Waals surface area contributed by atoms with Gasteiger partial charge in [0, 0.05) is 12.6 Å². The molecule has 0 atom stereocenters. The molecule has 0 amide bonds. The molecule has 0 fully saturated rings. The zero-order valence-corrected chi connectivity index (χ0v) is 13.3. The first-order valence-corrected chi connectivity index (χ1v) is 7.47. The molecule has 2 rings (SSSR count). The summed E-state index contributed by atoms with van der Waals surface area (Å²) in [7, 11) is 0. The van der Waals surface area contributed by atoms with Crippen molar-refractivity contribution >= 4 is 15.9 Å². The summed E-state index contributed by atoms with van der Waals surface area (Å²) >= 11 is 3.44. The molecule has 0 aliphatic carbocycles. The highest BCUT2D eigenvalue weighted by Gasteiger charge is 2.06. The molecule has 2 aromatic rings. The van der Waals surface area contributed by atoms with Crippen molar-refractivity contribution in [1.29, 1.82) is 0 Å². The molecule has 0 aliphatic rings. The summed E-state index contributed by atoms with van der Waals surface area (Å²) in [5.74, 6) is 2.14. The minimum atomic E-state index is 0.375. The highest BCUT2D eigenvalue weighted by atomic mass is 79.9. The molecule has 0 bridgehead atoms. The van der Waals surface area contributed by atoms with Gasteiger partial charge in [0.25, 0.3) is 0 Å². The minimum Gasteiger partial charge on any atom is -0.484 e. The second-order valence-electron chi connectivity index (χ2n) is 5.03. The maximum absolute atomic E-state index is 5.68. The van der Waals surface area contributed by atoms with E-state index in [1.54, 1.807) is 0 Å². The average Bonchev–Trinajstić information content (AvgIpc) is 2.85. The summed E-state index contributed by atoms with van der Waals surface area (Å²) in [5.41, 5.74) is 0.899. The molecule has 0 unspecified atom stereocenters. The molecular formula is C15H19BrN2O2. The van der Waals surface area contributed by atoms with Gasteiger partial charge in [-0.25, -0.2) is 0 Å². The Hall–Kier alpha value is -1.33. The van der Waals surface area contributed by atoms with Crippen LogP contribution in [0.5, 0.6) is 5.75 Å². The third-order valence-electron chi connectivity index (χ3n) is 2.67. The van der Waals surface area contributed by atoms with Crippen molar-refractivity contribution in [3.63, 3.8) is 0 Å². The second kappa shape index (κ2) is 7.45. The van der Waals surface area contributed by atoms with Gasteiger partial charge in [-0.1, -0.05) is 31.1 Å². The summed E-state index contributed by atoms with van der Waals surface area (Å²) in [4.78, 5) is 0. The van der Waals surface area contributed by atoms with Gasteiger partial charge in [0.2, 0.25) is 0 Å². The molecule has 4 nitrogen and oxygen atoms in total. The number of para-hydroxylation sites is 1. The highest BCUT2D eigenvalue weighted by molar-refractivity contribution is 9.10. The lowest BCUT2D eigenvalue weighted by Gasteiger charge is -2.05. The summed E-state index contributed by atoms with van der Waals surface area (Å²) in [6.45, 7) is 6.41. The first-order chi connectivity index (χ1) is 9.65. The van der Waals surface area contributed by atoms with Crippen LogP contribution < -0.4 is 10.1 Å². The number of ether oxygens (including phenoxy) is 1. The number of nitrogens with zero attached hydrogens (tertiary/aromatic N) is 1. The molecule has 0 spiro atoms. The standard InChI is InChI=1S/C15H19BrN2O2/c1-11(2)8-17-9-12-7-13(20-18-12)10-19-15-6-4-3-5-14(15)16/h3-7,11,17H,8-10H2,1-2H3. The van der Waals surface area contributed by atoms with Crippen molar-refractivity contribution in [2.75, 3.05) is 6.54 Å². The second-order valence-corrected chi connectivity index (χ2v) is 5.88. The zero-order chi connectivity index (χ0) is 14.4. The fourth-order valence-corrected chi connectivity index (χ4v) is 2.11. The van der Waals surface area contributed by atoms with E-state index < -0.39 is 0 Å². The van der Waals surface area contributed by atoms with Crippen molar-refractivity contribution in [2.45, 2.75) is 27.0 Å². The number of rotatable bonds is 7. The third kappa shape index (κ3) is 4.65. The molecule has 1 N–H and O–H groups in total. The monoisotopic (exact) mass is 338 g/mol. The minimum absolute atomic E-state index is 0.375. The van der Waals surface area contributed by atoms with Crippen LogP contribution in [0.15, 0.2) is 39.3 Å². The number of hydrogen-bond acceptors (Lipinski definition) is 4. The molecule has 5 heteroatoms. The van der Waals surface area contributed by atoms with Gasteiger partial charge in [0.05, 0.1) is 10.2 Å². The van der Waals surface area contributed by atoms with Crippen LogP contribution in [0.4, 0.5) is 0 Å². The number of benzene rings is 1. The molecule has 1 heterocycles. The molecule has 108 valence electrons. The lowest BCUT2D eigenvalue weighted by molar-refractivity contribution is 0.247. The molecule has 20 heavy (non-hydrogen) atoms. The van der Waals surface area contributed by atoms with Crippen molar-refractivity contribution in [1.82, 2.24) is 10.5 Å². The Labute approximate surface area is 127 Å². The van der Waals surface area contributed by atoms with E-state index in [0.29, 0.717) is 12.5 Å². The zero-order valence-electron chi connectivity index (χ0n) is 11.7. The van der Waals surface area contributed by atoms with E-state index in [9.17, 15) is 0 Å². The summed E-state index contributed by atoms with van der Waals surface area (Å²) < 4.78 is 11.9. The van der Waals surface area contributed by atoms with Gasteiger partial charge in [0.15, 0.2) is 5.76 Å². The van der Waals surface area contributed by atoms with E-state index >= 15 is 0 Å². The van der Waals surface area contributed by atoms with Crippen molar-refractivity contribution in [3.05, 3.63) is 46.3 Å². The van der Waals surface area contributed by atoms with Crippen LogP contribution >= 0.6 is 15.9 Å². The number of nitrogens with one attached hydrogen (secondary N) is 1. The summed E-state index contributed by atoms with van der Waals surface area (Å²) in [6.07, 6.45) is 0. The van der Waals surface area contributed by atoms with Gasteiger partial charge in [-0.3, -0.25) is 0 Å². The predicted octanol–water partition coefficient (Wildman–Crippen LogP) is 3.76. The van der Waals surface area contributed by atoms with Crippen LogP contribution in [0.1, 0.15) is 25.3 Å². The molecule has 0 saturated heterocycles. The number of aromatic nitrogens is 1. The molecule has 1 aromatic heterocycles. The van der Waals surface area contributed by atoms with Gasteiger partial charge in [0.1, 0.15) is 12.4 Å². The van der Waals surface area contributed by atoms with Crippen LogP contribution in [0, 0.1) is 5.92 Å². The third-order valence-corrected chi connectivity index (χ3v) is 3.33. The molecule has 0 saturated carbocycles. The largest absolute Gasteiger partial charge is 0.484 e. The Morgan fingerprint density at radius 1 is 1.35 bits per heavy atom.